The lowest BCUT2D eigenvalue weighted by molar-refractivity contribution is 1.13. The summed E-state index contributed by atoms with van der Waals surface area (Å²) in [5.41, 5.74) is 20.5. The van der Waals surface area contributed by atoms with Gasteiger partial charge in [0.15, 0.2) is 0 Å². The molecule has 3 aliphatic rings. The molecule has 0 aromatic heterocycles. The zero-order chi connectivity index (χ0) is 27.6. The number of hydrogen-bond donors (Lipinski definition) is 3. The second kappa shape index (κ2) is 9.12. The topological polar surface area (TPSA) is 36.1 Å². The zero-order valence-corrected chi connectivity index (χ0v) is 23.2. The van der Waals surface area contributed by atoms with E-state index in [1.807, 2.05) is 0 Å². The Morgan fingerprint density at radius 2 is 0.738 bits per heavy atom. The fraction of sp³-hybridized carbons (Fsp3) is 0.0769. The minimum atomic E-state index is 0.894. The summed E-state index contributed by atoms with van der Waals surface area (Å²) in [5.74, 6) is 0. The summed E-state index contributed by atoms with van der Waals surface area (Å²) in [7, 11) is 0. The van der Waals surface area contributed by atoms with Gasteiger partial charge in [-0.25, -0.2) is 0 Å². The third kappa shape index (κ3) is 3.60. The van der Waals surface area contributed by atoms with Gasteiger partial charge in [0.05, 0.1) is 0 Å². The minimum Gasteiger partial charge on any atom is -0.355 e. The molecule has 0 saturated heterocycles. The Kier molecular flexibility index (Phi) is 5.09. The molecular formula is C39H29N3. The highest BCUT2D eigenvalue weighted by Gasteiger charge is 2.27. The van der Waals surface area contributed by atoms with Gasteiger partial charge in [-0.3, -0.25) is 0 Å². The minimum absolute atomic E-state index is 0.894. The summed E-state index contributed by atoms with van der Waals surface area (Å²) in [6.07, 6.45) is 2.71. The second-order valence-electron chi connectivity index (χ2n) is 11.6. The summed E-state index contributed by atoms with van der Waals surface area (Å²) in [5, 5.41) is 11.2. The SMILES string of the molecule is c1ccc2c(c1)Cc1c(cccc1-c1ccc3c(c1-c1cccc4c1Cc1ccccc1N4)Cc1ccccc1N3)N2. The van der Waals surface area contributed by atoms with Crippen molar-refractivity contribution in [3.63, 3.8) is 0 Å². The molecule has 0 aliphatic carbocycles. The summed E-state index contributed by atoms with van der Waals surface area (Å²) >= 11 is 0. The molecular weight excluding hydrogens is 510 g/mol. The maximum Gasteiger partial charge on any atom is 0.0426 e. The number of nitrogens with one attached hydrogen (secondary N) is 3. The van der Waals surface area contributed by atoms with Crippen LogP contribution in [-0.2, 0) is 19.3 Å². The van der Waals surface area contributed by atoms with Gasteiger partial charge < -0.3 is 16.0 Å². The van der Waals surface area contributed by atoms with E-state index in [1.165, 1.54) is 89.8 Å². The maximum absolute atomic E-state index is 3.77. The van der Waals surface area contributed by atoms with Gasteiger partial charge in [-0.15, -0.1) is 0 Å². The first-order valence-corrected chi connectivity index (χ1v) is 14.8. The highest BCUT2D eigenvalue weighted by molar-refractivity contribution is 5.97. The van der Waals surface area contributed by atoms with Gasteiger partial charge in [-0.1, -0.05) is 84.9 Å². The monoisotopic (exact) mass is 539 g/mol. The molecule has 0 bridgehead atoms. The van der Waals surface area contributed by atoms with Gasteiger partial charge in [0.1, 0.15) is 0 Å². The van der Waals surface area contributed by atoms with Crippen LogP contribution >= 0.6 is 0 Å². The second-order valence-corrected chi connectivity index (χ2v) is 11.6. The number of benzene rings is 6. The van der Waals surface area contributed by atoms with Crippen LogP contribution in [0.25, 0.3) is 22.3 Å². The molecule has 3 heterocycles. The van der Waals surface area contributed by atoms with Crippen molar-refractivity contribution in [3.8, 4) is 22.3 Å². The van der Waals surface area contributed by atoms with Crippen LogP contribution in [0.4, 0.5) is 34.1 Å². The summed E-state index contributed by atoms with van der Waals surface area (Å²) in [6.45, 7) is 0. The third-order valence-electron chi connectivity index (χ3n) is 9.19. The number of fused-ring (bicyclic) bond motifs is 6. The normalized spacial score (nSPS) is 13.5. The van der Waals surface area contributed by atoms with E-state index in [1.54, 1.807) is 0 Å². The van der Waals surface area contributed by atoms with Crippen molar-refractivity contribution >= 4 is 34.1 Å². The molecule has 0 radical (unpaired) electrons. The lowest BCUT2D eigenvalue weighted by atomic mass is 9.80. The van der Waals surface area contributed by atoms with Crippen LogP contribution in [0.1, 0.15) is 33.4 Å². The maximum atomic E-state index is 3.77. The van der Waals surface area contributed by atoms with Crippen molar-refractivity contribution in [1.82, 2.24) is 0 Å². The van der Waals surface area contributed by atoms with Crippen molar-refractivity contribution in [2.75, 3.05) is 16.0 Å². The Morgan fingerprint density at radius 1 is 0.310 bits per heavy atom. The molecule has 6 aromatic rings. The first kappa shape index (κ1) is 23.4. The predicted octanol–water partition coefficient (Wildman–Crippen LogP) is 9.96. The van der Waals surface area contributed by atoms with E-state index in [9.17, 15) is 0 Å². The molecule has 3 N–H and O–H groups in total. The average molecular weight is 540 g/mol. The molecule has 0 amide bonds. The van der Waals surface area contributed by atoms with Gasteiger partial charge >= 0.3 is 0 Å². The van der Waals surface area contributed by atoms with E-state index in [0.717, 1.165) is 19.3 Å². The number of hydrogen-bond acceptors (Lipinski definition) is 3. The van der Waals surface area contributed by atoms with E-state index < -0.39 is 0 Å². The Hall–Kier alpha value is -5.28. The van der Waals surface area contributed by atoms with Crippen molar-refractivity contribution in [1.29, 1.82) is 0 Å². The molecule has 0 saturated carbocycles. The van der Waals surface area contributed by atoms with Crippen molar-refractivity contribution in [2.45, 2.75) is 19.3 Å². The van der Waals surface area contributed by atoms with Crippen molar-refractivity contribution in [3.05, 3.63) is 155 Å². The van der Waals surface area contributed by atoms with Gasteiger partial charge in [0.25, 0.3) is 0 Å². The largest absolute Gasteiger partial charge is 0.355 e. The van der Waals surface area contributed by atoms with E-state index in [2.05, 4.69) is 137 Å². The third-order valence-corrected chi connectivity index (χ3v) is 9.19. The Morgan fingerprint density at radius 3 is 1.31 bits per heavy atom. The van der Waals surface area contributed by atoms with Gasteiger partial charge in [0, 0.05) is 53.4 Å². The first-order chi connectivity index (χ1) is 20.8. The molecule has 9 rings (SSSR count). The highest BCUT2D eigenvalue weighted by atomic mass is 14.9. The van der Waals surface area contributed by atoms with Crippen LogP contribution in [0.2, 0.25) is 0 Å². The smallest absolute Gasteiger partial charge is 0.0426 e. The summed E-state index contributed by atoms with van der Waals surface area (Å²) in [6, 6.07) is 44.2. The fourth-order valence-corrected chi connectivity index (χ4v) is 7.15. The average Bonchev–Trinajstić information content (AvgIpc) is 3.04. The Balaban J connectivity index is 1.29. The van der Waals surface area contributed by atoms with E-state index >= 15 is 0 Å². The Bertz CT molecular complexity index is 2050. The standard InChI is InChI=1S/C39H29N3/c1-4-14-33-24(9-1)21-30-27(12-7-17-36(30)40-33)29-19-20-38-32(23-26-11-3-6-16-35(26)42-38)39(29)28-13-8-18-37-31(28)22-25-10-2-5-15-34(25)41-37/h1-20,40-42H,21-23H2. The van der Waals surface area contributed by atoms with Crippen LogP contribution in [-0.4, -0.2) is 0 Å². The highest BCUT2D eigenvalue weighted by Crippen LogP contribution is 2.49. The molecule has 200 valence electrons. The van der Waals surface area contributed by atoms with E-state index in [-0.39, 0.29) is 0 Å². The Labute approximate surface area is 245 Å². The lowest BCUT2D eigenvalue weighted by Gasteiger charge is -2.30. The summed E-state index contributed by atoms with van der Waals surface area (Å²) in [4.78, 5) is 0. The van der Waals surface area contributed by atoms with E-state index in [0.29, 0.717) is 0 Å². The molecule has 0 fully saturated rings. The number of anilines is 6. The molecule has 3 nitrogen and oxygen atoms in total. The molecule has 3 aliphatic heterocycles. The van der Waals surface area contributed by atoms with Crippen LogP contribution in [0, 0.1) is 0 Å². The van der Waals surface area contributed by atoms with Crippen molar-refractivity contribution in [2.24, 2.45) is 0 Å². The molecule has 42 heavy (non-hydrogen) atoms. The first-order valence-electron chi connectivity index (χ1n) is 14.8. The zero-order valence-electron chi connectivity index (χ0n) is 23.2. The van der Waals surface area contributed by atoms with E-state index in [4.69, 9.17) is 0 Å². The van der Waals surface area contributed by atoms with Gasteiger partial charge in [-0.05, 0) is 92.0 Å². The number of rotatable bonds is 2. The molecule has 3 heteroatoms. The van der Waals surface area contributed by atoms with Gasteiger partial charge in [0.2, 0.25) is 0 Å². The van der Waals surface area contributed by atoms with Crippen LogP contribution < -0.4 is 16.0 Å². The molecule has 0 unspecified atom stereocenters. The van der Waals surface area contributed by atoms with Gasteiger partial charge in [-0.2, -0.15) is 0 Å². The molecule has 6 aromatic carbocycles. The number of para-hydroxylation sites is 3. The van der Waals surface area contributed by atoms with Crippen LogP contribution in [0.5, 0.6) is 0 Å². The lowest BCUT2D eigenvalue weighted by Crippen LogP contribution is -2.12. The summed E-state index contributed by atoms with van der Waals surface area (Å²) < 4.78 is 0. The quantitative estimate of drug-likeness (QED) is 0.205. The van der Waals surface area contributed by atoms with Crippen LogP contribution in [0.15, 0.2) is 121 Å². The van der Waals surface area contributed by atoms with Crippen LogP contribution in [0.3, 0.4) is 0 Å². The van der Waals surface area contributed by atoms with Crippen molar-refractivity contribution < 1.29 is 0 Å². The predicted molar refractivity (Wildman–Crippen MR) is 175 cm³/mol. The fourth-order valence-electron chi connectivity index (χ4n) is 7.15. The molecule has 0 atom stereocenters. The molecule has 0 spiro atoms.